The number of fused-ring (bicyclic) bond motifs is 1. The van der Waals surface area contributed by atoms with Gasteiger partial charge in [-0.05, 0) is 50.1 Å². The molecule has 7 nitrogen and oxygen atoms in total. The minimum absolute atomic E-state index is 0.178. The van der Waals surface area contributed by atoms with E-state index in [1.807, 2.05) is 62.4 Å². The first-order valence-electron chi connectivity index (χ1n) is 9.32. The van der Waals surface area contributed by atoms with Crippen LogP contribution < -0.4 is 10.9 Å². The van der Waals surface area contributed by atoms with Gasteiger partial charge < -0.3 is 5.32 Å². The fourth-order valence-corrected chi connectivity index (χ4v) is 3.31. The van der Waals surface area contributed by atoms with Gasteiger partial charge in [-0.1, -0.05) is 30.3 Å². The fourth-order valence-electron chi connectivity index (χ4n) is 3.31. The third kappa shape index (κ3) is 3.42. The van der Waals surface area contributed by atoms with Gasteiger partial charge in [-0.15, -0.1) is 0 Å². The van der Waals surface area contributed by atoms with Crippen molar-refractivity contribution in [1.29, 1.82) is 0 Å². The highest BCUT2D eigenvalue weighted by Gasteiger charge is 2.17. The van der Waals surface area contributed by atoms with Crippen molar-refractivity contribution in [3.63, 3.8) is 0 Å². The molecule has 146 valence electrons. The SMILES string of the molecule is Cc1cccc(NC(=O)Cn2nc(C)c3cnn(-c4ccccc4)c3c2=O)c1C. The largest absolute Gasteiger partial charge is 0.324 e. The molecule has 0 aliphatic carbocycles. The van der Waals surface area contributed by atoms with Crippen molar-refractivity contribution in [3.05, 3.63) is 81.9 Å². The second-order valence-electron chi connectivity index (χ2n) is 7.00. The molecule has 0 fully saturated rings. The van der Waals surface area contributed by atoms with Gasteiger partial charge in [-0.3, -0.25) is 9.59 Å². The number of carbonyl (C=O) groups excluding carboxylic acids is 1. The number of para-hydroxylation sites is 1. The first-order chi connectivity index (χ1) is 14.0. The van der Waals surface area contributed by atoms with E-state index in [-0.39, 0.29) is 18.0 Å². The maximum absolute atomic E-state index is 13.1. The van der Waals surface area contributed by atoms with E-state index in [4.69, 9.17) is 0 Å². The van der Waals surface area contributed by atoms with Gasteiger partial charge in [0.2, 0.25) is 5.91 Å². The minimum Gasteiger partial charge on any atom is -0.324 e. The Morgan fingerprint density at radius 1 is 1.03 bits per heavy atom. The van der Waals surface area contributed by atoms with Crippen LogP contribution in [0, 0.1) is 20.8 Å². The first kappa shape index (κ1) is 18.6. The van der Waals surface area contributed by atoms with Crippen LogP contribution in [0.25, 0.3) is 16.6 Å². The predicted octanol–water partition coefficient (Wildman–Crippen LogP) is 3.15. The Morgan fingerprint density at radius 3 is 2.55 bits per heavy atom. The summed E-state index contributed by atoms with van der Waals surface area (Å²) in [6.45, 7) is 5.56. The van der Waals surface area contributed by atoms with E-state index in [1.165, 1.54) is 4.68 Å². The smallest absolute Gasteiger partial charge is 0.293 e. The fraction of sp³-hybridized carbons (Fsp3) is 0.182. The molecule has 0 spiro atoms. The number of nitrogens with zero attached hydrogens (tertiary/aromatic N) is 4. The first-order valence-corrected chi connectivity index (χ1v) is 9.32. The zero-order valence-corrected chi connectivity index (χ0v) is 16.5. The van der Waals surface area contributed by atoms with E-state index in [0.29, 0.717) is 16.6 Å². The van der Waals surface area contributed by atoms with Gasteiger partial charge in [-0.25, -0.2) is 9.36 Å². The molecule has 4 rings (SSSR count). The molecule has 0 aliphatic rings. The third-order valence-electron chi connectivity index (χ3n) is 5.04. The summed E-state index contributed by atoms with van der Waals surface area (Å²) in [7, 11) is 0. The van der Waals surface area contributed by atoms with Crippen molar-refractivity contribution >= 4 is 22.5 Å². The molecule has 1 N–H and O–H groups in total. The topological polar surface area (TPSA) is 81.8 Å². The summed E-state index contributed by atoms with van der Waals surface area (Å²) in [5.74, 6) is -0.308. The number of nitrogens with one attached hydrogen (secondary N) is 1. The van der Waals surface area contributed by atoms with Gasteiger partial charge in [-0.2, -0.15) is 10.2 Å². The number of rotatable bonds is 4. The summed E-state index contributed by atoms with van der Waals surface area (Å²) in [6, 6.07) is 15.1. The second kappa shape index (κ2) is 7.35. The Balaban J connectivity index is 1.71. The molecule has 0 radical (unpaired) electrons. The molecule has 0 aliphatic heterocycles. The lowest BCUT2D eigenvalue weighted by Crippen LogP contribution is -2.31. The van der Waals surface area contributed by atoms with E-state index >= 15 is 0 Å². The Kier molecular flexibility index (Phi) is 4.72. The molecule has 0 bridgehead atoms. The average molecular weight is 387 g/mol. The van der Waals surface area contributed by atoms with Crippen molar-refractivity contribution < 1.29 is 4.79 Å². The van der Waals surface area contributed by atoms with Gasteiger partial charge >= 0.3 is 0 Å². The van der Waals surface area contributed by atoms with Crippen molar-refractivity contribution in [2.75, 3.05) is 5.32 Å². The van der Waals surface area contributed by atoms with Crippen LogP contribution in [0.2, 0.25) is 0 Å². The number of amides is 1. The van der Waals surface area contributed by atoms with E-state index < -0.39 is 0 Å². The quantitative estimate of drug-likeness (QED) is 0.583. The van der Waals surface area contributed by atoms with Crippen LogP contribution in [0.15, 0.2) is 59.5 Å². The van der Waals surface area contributed by atoms with Gasteiger partial charge in [0.05, 0.1) is 17.6 Å². The molecule has 4 aromatic rings. The van der Waals surface area contributed by atoms with Crippen molar-refractivity contribution in [2.45, 2.75) is 27.3 Å². The van der Waals surface area contributed by atoms with E-state index in [2.05, 4.69) is 15.5 Å². The summed E-state index contributed by atoms with van der Waals surface area (Å²) in [4.78, 5) is 25.7. The standard InChI is InChI=1S/C22H21N5O2/c1-14-8-7-11-19(15(14)2)24-20(28)13-26-22(29)21-18(16(3)25-26)12-23-27(21)17-9-5-4-6-10-17/h4-12H,13H2,1-3H3,(H,24,28). The molecule has 7 heteroatoms. The number of carbonyl (C=O) groups is 1. The number of anilines is 1. The van der Waals surface area contributed by atoms with Crippen LogP contribution in [-0.2, 0) is 11.3 Å². The Hall–Kier alpha value is -3.74. The second-order valence-corrected chi connectivity index (χ2v) is 7.00. The lowest BCUT2D eigenvalue weighted by molar-refractivity contribution is -0.117. The molecular weight excluding hydrogens is 366 g/mol. The Morgan fingerprint density at radius 2 is 1.79 bits per heavy atom. The monoisotopic (exact) mass is 387 g/mol. The molecule has 0 atom stereocenters. The van der Waals surface area contributed by atoms with Crippen LogP contribution in [0.3, 0.4) is 0 Å². The van der Waals surface area contributed by atoms with E-state index in [0.717, 1.165) is 22.5 Å². The highest BCUT2D eigenvalue weighted by molar-refractivity contribution is 5.91. The average Bonchev–Trinajstić information content (AvgIpc) is 3.16. The zero-order valence-electron chi connectivity index (χ0n) is 16.5. The molecule has 2 aromatic carbocycles. The van der Waals surface area contributed by atoms with Crippen molar-refractivity contribution in [2.24, 2.45) is 0 Å². The predicted molar refractivity (Wildman–Crippen MR) is 112 cm³/mol. The summed E-state index contributed by atoms with van der Waals surface area (Å²) in [5, 5.41) is 12.2. The van der Waals surface area contributed by atoms with Gasteiger partial charge in [0.25, 0.3) is 5.56 Å². The zero-order chi connectivity index (χ0) is 20.5. The molecular formula is C22H21N5O2. The normalized spacial score (nSPS) is 11.0. The number of aromatic nitrogens is 4. The summed E-state index contributed by atoms with van der Waals surface area (Å²) in [5.41, 5.74) is 4.27. The van der Waals surface area contributed by atoms with Crippen LogP contribution in [0.4, 0.5) is 5.69 Å². The molecule has 29 heavy (non-hydrogen) atoms. The number of hydrogen-bond acceptors (Lipinski definition) is 4. The van der Waals surface area contributed by atoms with Crippen LogP contribution in [0.5, 0.6) is 0 Å². The molecule has 2 heterocycles. The maximum Gasteiger partial charge on any atom is 0.293 e. The summed E-state index contributed by atoms with van der Waals surface area (Å²) in [6.07, 6.45) is 1.63. The molecule has 0 saturated carbocycles. The lowest BCUT2D eigenvalue weighted by Gasteiger charge is -2.12. The number of hydrogen-bond donors (Lipinski definition) is 1. The lowest BCUT2D eigenvalue weighted by atomic mass is 10.1. The highest BCUT2D eigenvalue weighted by atomic mass is 16.2. The number of benzene rings is 2. The highest BCUT2D eigenvalue weighted by Crippen LogP contribution is 2.19. The van der Waals surface area contributed by atoms with Crippen LogP contribution in [-0.4, -0.2) is 25.5 Å². The maximum atomic E-state index is 13.1. The molecule has 1 amide bonds. The number of aryl methyl sites for hydroxylation is 2. The summed E-state index contributed by atoms with van der Waals surface area (Å²) < 4.78 is 2.78. The molecule has 2 aromatic heterocycles. The van der Waals surface area contributed by atoms with E-state index in [1.54, 1.807) is 17.8 Å². The molecule has 0 saturated heterocycles. The van der Waals surface area contributed by atoms with Gasteiger partial charge in [0.15, 0.2) is 0 Å². The molecule has 0 unspecified atom stereocenters. The third-order valence-corrected chi connectivity index (χ3v) is 5.04. The van der Waals surface area contributed by atoms with Gasteiger partial charge in [0.1, 0.15) is 12.1 Å². The summed E-state index contributed by atoms with van der Waals surface area (Å²) >= 11 is 0. The van der Waals surface area contributed by atoms with Gasteiger partial charge in [0, 0.05) is 11.1 Å². The van der Waals surface area contributed by atoms with Crippen molar-refractivity contribution in [3.8, 4) is 5.69 Å². The van der Waals surface area contributed by atoms with Crippen LogP contribution >= 0.6 is 0 Å². The Labute approximate surface area is 167 Å². The van der Waals surface area contributed by atoms with E-state index in [9.17, 15) is 9.59 Å². The van der Waals surface area contributed by atoms with Crippen molar-refractivity contribution in [1.82, 2.24) is 19.6 Å². The van der Waals surface area contributed by atoms with Crippen LogP contribution in [0.1, 0.15) is 16.8 Å². The minimum atomic E-state index is -0.358. The Bertz CT molecular complexity index is 1270.